The van der Waals surface area contributed by atoms with Gasteiger partial charge in [-0.25, -0.2) is 5.43 Å². The van der Waals surface area contributed by atoms with Gasteiger partial charge in [-0.3, -0.25) is 5.84 Å². The second-order valence-electron chi connectivity index (χ2n) is 3.71. The third-order valence-electron chi connectivity index (χ3n) is 2.63. The van der Waals surface area contributed by atoms with Crippen molar-refractivity contribution in [3.05, 3.63) is 48.0 Å². The van der Waals surface area contributed by atoms with Crippen molar-refractivity contribution in [1.29, 1.82) is 0 Å². The number of hydrogen-bond acceptors (Lipinski definition) is 2. The molecule has 0 radical (unpaired) electrons. The lowest BCUT2D eigenvalue weighted by Gasteiger charge is -2.22. The van der Waals surface area contributed by atoms with Crippen LogP contribution in [0.25, 0.3) is 10.8 Å². The Balaban J connectivity index is 2.62. The number of hydrogen-bond donors (Lipinski definition) is 2. The zero-order valence-corrected chi connectivity index (χ0v) is 9.59. The van der Waals surface area contributed by atoms with Crippen molar-refractivity contribution in [3.63, 3.8) is 0 Å². The first-order valence-corrected chi connectivity index (χ1v) is 5.42. The maximum atomic E-state index is 13.2. The highest BCUT2D eigenvalue weighted by molar-refractivity contribution is 6.22. The molecular formula is C12H11ClF2N2. The van der Waals surface area contributed by atoms with E-state index in [0.717, 1.165) is 5.39 Å². The van der Waals surface area contributed by atoms with Crippen LogP contribution >= 0.6 is 11.6 Å². The number of hydrazine groups is 1. The zero-order valence-electron chi connectivity index (χ0n) is 8.83. The predicted molar refractivity (Wildman–Crippen MR) is 64.8 cm³/mol. The van der Waals surface area contributed by atoms with Crippen molar-refractivity contribution in [1.82, 2.24) is 5.43 Å². The highest BCUT2D eigenvalue weighted by atomic mass is 35.5. The number of fused-ring (bicyclic) bond motifs is 1. The van der Waals surface area contributed by atoms with Gasteiger partial charge in [0.2, 0.25) is 0 Å². The van der Waals surface area contributed by atoms with Crippen LogP contribution in [-0.2, 0) is 0 Å². The topological polar surface area (TPSA) is 38.0 Å². The van der Waals surface area contributed by atoms with Gasteiger partial charge >= 0.3 is 5.38 Å². The molecule has 1 unspecified atom stereocenters. The Hall–Kier alpha value is -1.23. The Labute approximate surface area is 102 Å². The first-order chi connectivity index (χ1) is 8.04. The fourth-order valence-corrected chi connectivity index (χ4v) is 2.04. The second-order valence-corrected chi connectivity index (χ2v) is 4.21. The quantitative estimate of drug-likeness (QED) is 0.503. The minimum atomic E-state index is -3.45. The number of nitrogens with two attached hydrogens (primary N) is 1. The Bertz CT molecular complexity index is 520. The van der Waals surface area contributed by atoms with Gasteiger partial charge < -0.3 is 0 Å². The maximum absolute atomic E-state index is 13.2. The van der Waals surface area contributed by atoms with E-state index in [-0.39, 0.29) is 0 Å². The summed E-state index contributed by atoms with van der Waals surface area (Å²) in [6.07, 6.45) is 0. The van der Waals surface area contributed by atoms with Gasteiger partial charge in [0.05, 0.1) is 0 Å². The van der Waals surface area contributed by atoms with Gasteiger partial charge in [0.1, 0.15) is 6.04 Å². The summed E-state index contributed by atoms with van der Waals surface area (Å²) >= 11 is 5.06. The standard InChI is InChI=1S/C12H11ClF2N2/c13-12(14,15)11(17-16)10-7-3-5-8-4-1-2-6-9(8)10/h1-7,11,17H,16H2. The Morgan fingerprint density at radius 2 is 1.76 bits per heavy atom. The molecule has 0 aliphatic rings. The Morgan fingerprint density at radius 3 is 2.41 bits per heavy atom. The number of alkyl halides is 3. The number of halogens is 3. The fraction of sp³-hybridized carbons (Fsp3) is 0.167. The van der Waals surface area contributed by atoms with Crippen LogP contribution in [-0.4, -0.2) is 5.38 Å². The van der Waals surface area contributed by atoms with E-state index in [4.69, 9.17) is 17.4 Å². The summed E-state index contributed by atoms with van der Waals surface area (Å²) in [5, 5.41) is -1.87. The van der Waals surface area contributed by atoms with E-state index in [9.17, 15) is 8.78 Å². The molecule has 2 rings (SSSR count). The highest BCUT2D eigenvalue weighted by Crippen LogP contribution is 2.37. The average Bonchev–Trinajstić information content (AvgIpc) is 2.28. The van der Waals surface area contributed by atoms with Crippen molar-refractivity contribution < 1.29 is 8.78 Å². The molecule has 0 amide bonds. The van der Waals surface area contributed by atoms with Crippen molar-refractivity contribution in [2.24, 2.45) is 5.84 Å². The lowest BCUT2D eigenvalue weighted by Crippen LogP contribution is -2.37. The smallest absolute Gasteiger partial charge is 0.271 e. The average molecular weight is 257 g/mol. The van der Waals surface area contributed by atoms with Crippen LogP contribution in [0.2, 0.25) is 0 Å². The number of nitrogens with one attached hydrogen (secondary N) is 1. The largest absolute Gasteiger partial charge is 0.342 e. The lowest BCUT2D eigenvalue weighted by molar-refractivity contribution is 0.0503. The molecule has 0 saturated carbocycles. The summed E-state index contributed by atoms with van der Waals surface area (Å²) in [6.45, 7) is 0. The molecule has 2 nitrogen and oxygen atoms in total. The summed E-state index contributed by atoms with van der Waals surface area (Å²) in [5.41, 5.74) is 2.45. The van der Waals surface area contributed by atoms with E-state index in [0.29, 0.717) is 10.9 Å². The van der Waals surface area contributed by atoms with Gasteiger partial charge in [-0.05, 0) is 27.9 Å². The fourth-order valence-electron chi connectivity index (χ4n) is 1.86. The van der Waals surface area contributed by atoms with Gasteiger partial charge in [0.25, 0.3) is 0 Å². The molecule has 0 aliphatic carbocycles. The van der Waals surface area contributed by atoms with Crippen LogP contribution in [0.5, 0.6) is 0 Å². The van der Waals surface area contributed by atoms with Gasteiger partial charge in [-0.1, -0.05) is 42.5 Å². The van der Waals surface area contributed by atoms with Gasteiger partial charge in [0.15, 0.2) is 0 Å². The van der Waals surface area contributed by atoms with E-state index in [1.165, 1.54) is 0 Å². The molecule has 5 heteroatoms. The Kier molecular flexibility index (Phi) is 3.28. The van der Waals surface area contributed by atoms with Gasteiger partial charge in [0, 0.05) is 0 Å². The zero-order chi connectivity index (χ0) is 12.5. The molecule has 0 spiro atoms. The SMILES string of the molecule is NNC(c1cccc2ccccc12)C(F)(F)Cl. The molecule has 0 aliphatic heterocycles. The summed E-state index contributed by atoms with van der Waals surface area (Å²) < 4.78 is 26.4. The van der Waals surface area contributed by atoms with E-state index >= 15 is 0 Å². The van der Waals surface area contributed by atoms with E-state index < -0.39 is 11.4 Å². The Morgan fingerprint density at radius 1 is 1.12 bits per heavy atom. The number of rotatable bonds is 3. The molecule has 2 aromatic carbocycles. The molecule has 17 heavy (non-hydrogen) atoms. The van der Waals surface area contributed by atoms with E-state index in [1.54, 1.807) is 24.3 Å². The first kappa shape index (κ1) is 12.2. The number of benzene rings is 2. The minimum Gasteiger partial charge on any atom is -0.271 e. The van der Waals surface area contributed by atoms with Crippen LogP contribution < -0.4 is 11.3 Å². The monoisotopic (exact) mass is 256 g/mol. The molecule has 0 heterocycles. The lowest BCUT2D eigenvalue weighted by atomic mass is 9.99. The molecule has 0 bridgehead atoms. The van der Waals surface area contributed by atoms with Crippen molar-refractivity contribution >= 4 is 22.4 Å². The first-order valence-electron chi connectivity index (χ1n) is 5.04. The molecule has 0 aromatic heterocycles. The summed E-state index contributed by atoms with van der Waals surface area (Å²) in [5.74, 6) is 5.17. The molecule has 2 aromatic rings. The van der Waals surface area contributed by atoms with Crippen LogP contribution in [0.1, 0.15) is 11.6 Å². The summed E-state index contributed by atoms with van der Waals surface area (Å²) in [7, 11) is 0. The molecule has 0 fully saturated rings. The molecule has 90 valence electrons. The van der Waals surface area contributed by atoms with Crippen molar-refractivity contribution in [2.75, 3.05) is 0 Å². The van der Waals surface area contributed by atoms with Gasteiger partial charge in [-0.15, -0.1) is 0 Å². The summed E-state index contributed by atoms with van der Waals surface area (Å²) in [6, 6.07) is 10.9. The van der Waals surface area contributed by atoms with Crippen molar-refractivity contribution in [2.45, 2.75) is 11.4 Å². The van der Waals surface area contributed by atoms with Gasteiger partial charge in [-0.2, -0.15) is 8.78 Å². The van der Waals surface area contributed by atoms with E-state index in [2.05, 4.69) is 5.43 Å². The third kappa shape index (κ3) is 2.39. The van der Waals surface area contributed by atoms with Crippen LogP contribution in [0.4, 0.5) is 8.78 Å². The van der Waals surface area contributed by atoms with Crippen LogP contribution in [0.3, 0.4) is 0 Å². The molecular weight excluding hydrogens is 246 g/mol. The second kappa shape index (κ2) is 4.56. The molecule has 0 saturated heterocycles. The predicted octanol–water partition coefficient (Wildman–Crippen LogP) is 3.18. The van der Waals surface area contributed by atoms with E-state index in [1.807, 2.05) is 18.2 Å². The normalized spacial score (nSPS) is 13.9. The maximum Gasteiger partial charge on any atom is 0.342 e. The van der Waals surface area contributed by atoms with Crippen LogP contribution in [0.15, 0.2) is 42.5 Å². The summed E-state index contributed by atoms with van der Waals surface area (Å²) in [4.78, 5) is 0. The van der Waals surface area contributed by atoms with Crippen LogP contribution in [0, 0.1) is 0 Å². The van der Waals surface area contributed by atoms with Crippen molar-refractivity contribution in [3.8, 4) is 0 Å². The molecule has 1 atom stereocenters. The molecule has 3 N–H and O–H groups in total. The third-order valence-corrected chi connectivity index (χ3v) is 2.85. The minimum absolute atomic E-state index is 0.380. The highest BCUT2D eigenvalue weighted by Gasteiger charge is 2.38.